The molecule has 0 saturated carbocycles. The van der Waals surface area contributed by atoms with Crippen LogP contribution in [0.2, 0.25) is 0 Å². The van der Waals surface area contributed by atoms with E-state index in [0.717, 1.165) is 5.52 Å². The molecule has 0 aliphatic rings. The van der Waals surface area contributed by atoms with Gasteiger partial charge in [0.05, 0.1) is 0 Å². The van der Waals surface area contributed by atoms with Crippen molar-refractivity contribution < 1.29 is 9.21 Å². The monoisotopic (exact) mass is 305 g/mol. The number of oxazole rings is 1. The first-order valence-corrected chi connectivity index (χ1v) is 5.47. The van der Waals surface area contributed by atoms with Crippen LogP contribution in [0.1, 0.15) is 19.2 Å². The molecule has 19 heavy (non-hydrogen) atoms. The Morgan fingerprint density at radius 2 is 2.16 bits per heavy atom. The molecule has 0 spiro atoms. The maximum Gasteiger partial charge on any atom is 0.225 e. The van der Waals surface area contributed by atoms with Gasteiger partial charge < -0.3 is 15.5 Å². The van der Waals surface area contributed by atoms with Gasteiger partial charge in [-0.2, -0.15) is 0 Å². The molecule has 0 saturated heterocycles. The number of nitrogens with zero attached hydrogens (tertiary/aromatic N) is 1. The normalized spacial score (nSPS) is 11.3. The summed E-state index contributed by atoms with van der Waals surface area (Å²) in [6.07, 6.45) is 0.299. The predicted molar refractivity (Wildman–Crippen MR) is 80.1 cm³/mol. The molecule has 7 heteroatoms. The number of aromatic nitrogens is 1. The Morgan fingerprint density at radius 1 is 1.47 bits per heavy atom. The van der Waals surface area contributed by atoms with Gasteiger partial charge in [-0.05, 0) is 19.1 Å². The fourth-order valence-electron chi connectivity index (χ4n) is 1.62. The number of nitrogens with two attached hydrogens (primary N) is 1. The third-order valence-electron chi connectivity index (χ3n) is 2.29. The quantitative estimate of drug-likeness (QED) is 0.913. The summed E-state index contributed by atoms with van der Waals surface area (Å²) in [5, 5.41) is 2.77. The van der Waals surface area contributed by atoms with Gasteiger partial charge in [0.1, 0.15) is 5.52 Å². The van der Waals surface area contributed by atoms with Crippen LogP contribution in [0.5, 0.6) is 0 Å². The Hall–Kier alpha value is -1.30. The number of hydrogen-bond donors (Lipinski definition) is 2. The summed E-state index contributed by atoms with van der Waals surface area (Å²) in [4.78, 5) is 15.7. The van der Waals surface area contributed by atoms with Crippen molar-refractivity contribution in [2.45, 2.75) is 26.3 Å². The van der Waals surface area contributed by atoms with E-state index in [1.165, 1.54) is 0 Å². The molecule has 1 amide bonds. The number of carbonyl (C=O) groups is 1. The van der Waals surface area contributed by atoms with Crippen LogP contribution in [-0.4, -0.2) is 16.9 Å². The summed E-state index contributed by atoms with van der Waals surface area (Å²) in [6.45, 7) is 3.58. The van der Waals surface area contributed by atoms with Crippen molar-refractivity contribution >= 4 is 47.5 Å². The highest BCUT2D eigenvalue weighted by molar-refractivity contribution is 5.93. The summed E-state index contributed by atoms with van der Waals surface area (Å²) in [5.41, 5.74) is 7.70. The first-order chi connectivity index (χ1) is 8.04. The zero-order chi connectivity index (χ0) is 12.4. The van der Waals surface area contributed by atoms with Crippen molar-refractivity contribution in [1.29, 1.82) is 0 Å². The number of anilines is 1. The van der Waals surface area contributed by atoms with Crippen LogP contribution >= 0.6 is 24.8 Å². The molecule has 1 unspecified atom stereocenters. The van der Waals surface area contributed by atoms with Crippen molar-refractivity contribution in [1.82, 2.24) is 4.98 Å². The number of halogens is 2. The van der Waals surface area contributed by atoms with E-state index < -0.39 is 0 Å². The molecule has 0 radical (unpaired) electrons. The zero-order valence-electron chi connectivity index (χ0n) is 10.7. The summed E-state index contributed by atoms with van der Waals surface area (Å²) >= 11 is 0. The van der Waals surface area contributed by atoms with Gasteiger partial charge in [-0.3, -0.25) is 4.79 Å². The summed E-state index contributed by atoms with van der Waals surface area (Å²) in [7, 11) is 0. The van der Waals surface area contributed by atoms with E-state index in [-0.39, 0.29) is 36.8 Å². The molecule has 0 fully saturated rings. The van der Waals surface area contributed by atoms with E-state index in [1.54, 1.807) is 26.0 Å². The Morgan fingerprint density at radius 3 is 2.79 bits per heavy atom. The largest absolute Gasteiger partial charge is 0.441 e. The molecule has 1 aromatic carbocycles. The number of benzene rings is 1. The minimum absolute atomic E-state index is 0. The van der Waals surface area contributed by atoms with Crippen LogP contribution in [0.15, 0.2) is 22.6 Å². The fraction of sp³-hybridized carbons (Fsp3) is 0.333. The second kappa shape index (κ2) is 7.33. The molecule has 1 atom stereocenters. The lowest BCUT2D eigenvalue weighted by molar-refractivity contribution is -0.116. The Labute approximate surface area is 123 Å². The van der Waals surface area contributed by atoms with Crippen LogP contribution in [-0.2, 0) is 4.79 Å². The molecule has 0 aliphatic carbocycles. The summed E-state index contributed by atoms with van der Waals surface area (Å²) in [6, 6.07) is 5.22. The molecule has 0 aliphatic heterocycles. The number of fused-ring (bicyclic) bond motifs is 1. The smallest absolute Gasteiger partial charge is 0.225 e. The summed E-state index contributed by atoms with van der Waals surface area (Å²) < 4.78 is 5.38. The lowest BCUT2D eigenvalue weighted by atomic mass is 10.2. The number of amides is 1. The molecular weight excluding hydrogens is 289 g/mol. The molecule has 106 valence electrons. The van der Waals surface area contributed by atoms with Crippen molar-refractivity contribution in [3.63, 3.8) is 0 Å². The molecule has 1 heterocycles. The van der Waals surface area contributed by atoms with Gasteiger partial charge in [0.15, 0.2) is 11.5 Å². The van der Waals surface area contributed by atoms with Crippen LogP contribution in [0.25, 0.3) is 11.1 Å². The number of rotatable bonds is 3. The highest BCUT2D eigenvalue weighted by Gasteiger charge is 2.07. The van der Waals surface area contributed by atoms with Crippen LogP contribution in [0, 0.1) is 6.92 Å². The molecule has 2 aromatic rings. The van der Waals surface area contributed by atoms with Crippen LogP contribution in [0.4, 0.5) is 5.69 Å². The van der Waals surface area contributed by atoms with Gasteiger partial charge in [-0.25, -0.2) is 4.98 Å². The van der Waals surface area contributed by atoms with Crippen LogP contribution < -0.4 is 11.1 Å². The highest BCUT2D eigenvalue weighted by Crippen LogP contribution is 2.19. The van der Waals surface area contributed by atoms with E-state index in [1.807, 2.05) is 6.07 Å². The van der Waals surface area contributed by atoms with Gasteiger partial charge in [0, 0.05) is 31.1 Å². The molecule has 0 bridgehead atoms. The van der Waals surface area contributed by atoms with Crippen molar-refractivity contribution in [2.24, 2.45) is 5.73 Å². The van der Waals surface area contributed by atoms with Crippen molar-refractivity contribution in [3.8, 4) is 0 Å². The van der Waals surface area contributed by atoms with E-state index >= 15 is 0 Å². The maximum absolute atomic E-state index is 11.5. The molecule has 2 rings (SSSR count). The Bertz CT molecular complexity index is 555. The number of nitrogens with one attached hydrogen (secondary N) is 1. The van der Waals surface area contributed by atoms with Crippen molar-refractivity contribution in [2.75, 3.05) is 5.32 Å². The second-order valence-corrected chi connectivity index (χ2v) is 4.14. The van der Waals surface area contributed by atoms with Gasteiger partial charge in [-0.1, -0.05) is 0 Å². The molecule has 1 aromatic heterocycles. The number of hydrogen-bond acceptors (Lipinski definition) is 4. The van der Waals surface area contributed by atoms with Crippen molar-refractivity contribution in [3.05, 3.63) is 24.1 Å². The standard InChI is InChI=1S/C12H15N3O2.2ClH/c1-7(13)5-12(16)15-9-3-4-10-11(6-9)17-8(2)14-10;;/h3-4,6-7H,5,13H2,1-2H3,(H,15,16);2*1H. The molecular formula is C12H17Cl2N3O2. The molecule has 3 N–H and O–H groups in total. The lowest BCUT2D eigenvalue weighted by Crippen LogP contribution is -2.23. The minimum Gasteiger partial charge on any atom is -0.441 e. The first kappa shape index (κ1) is 17.7. The van der Waals surface area contributed by atoms with E-state index in [9.17, 15) is 4.79 Å². The lowest BCUT2D eigenvalue weighted by Gasteiger charge is -2.06. The summed E-state index contributed by atoms with van der Waals surface area (Å²) in [5.74, 6) is 0.509. The second-order valence-electron chi connectivity index (χ2n) is 4.14. The Kier molecular flexibility index (Phi) is 6.83. The maximum atomic E-state index is 11.5. The first-order valence-electron chi connectivity index (χ1n) is 5.47. The third kappa shape index (κ3) is 4.70. The topological polar surface area (TPSA) is 81.2 Å². The van der Waals surface area contributed by atoms with Gasteiger partial charge in [0.25, 0.3) is 0 Å². The average Bonchev–Trinajstić information content (AvgIpc) is 2.55. The highest BCUT2D eigenvalue weighted by atomic mass is 35.5. The van der Waals surface area contributed by atoms with Crippen LogP contribution in [0.3, 0.4) is 0 Å². The van der Waals surface area contributed by atoms with Gasteiger partial charge in [0.2, 0.25) is 5.91 Å². The fourth-order valence-corrected chi connectivity index (χ4v) is 1.62. The minimum atomic E-state index is -0.147. The third-order valence-corrected chi connectivity index (χ3v) is 2.29. The van der Waals surface area contributed by atoms with Gasteiger partial charge >= 0.3 is 0 Å². The van der Waals surface area contributed by atoms with E-state index in [4.69, 9.17) is 10.2 Å². The van der Waals surface area contributed by atoms with E-state index in [0.29, 0.717) is 23.6 Å². The van der Waals surface area contributed by atoms with Gasteiger partial charge in [-0.15, -0.1) is 24.8 Å². The number of aryl methyl sites for hydroxylation is 1. The predicted octanol–water partition coefficient (Wildman–Crippen LogP) is 2.66. The number of carbonyl (C=O) groups excluding carboxylic acids is 1. The average molecular weight is 306 g/mol. The van der Waals surface area contributed by atoms with E-state index in [2.05, 4.69) is 10.3 Å². The molecule has 5 nitrogen and oxygen atoms in total. The Balaban J connectivity index is 0.00000162. The zero-order valence-corrected chi connectivity index (χ0v) is 12.3. The SMILES string of the molecule is Cc1nc2ccc(NC(=O)CC(C)N)cc2o1.Cl.Cl.